The van der Waals surface area contributed by atoms with Crippen LogP contribution in [0, 0.1) is 11.2 Å². The Morgan fingerprint density at radius 1 is 1.27 bits per heavy atom. The molecule has 1 aromatic rings. The van der Waals surface area contributed by atoms with E-state index >= 15 is 0 Å². The van der Waals surface area contributed by atoms with Gasteiger partial charge in [0, 0.05) is 10.3 Å². The Labute approximate surface area is 164 Å². The summed E-state index contributed by atoms with van der Waals surface area (Å²) < 4.78 is 19.5. The monoisotopic (exact) mass is 403 g/mol. The Morgan fingerprint density at radius 2 is 1.85 bits per heavy atom. The van der Waals surface area contributed by atoms with Crippen molar-refractivity contribution in [2.45, 2.75) is 70.6 Å². The lowest BCUT2D eigenvalue weighted by atomic mass is 9.89. The van der Waals surface area contributed by atoms with Crippen molar-refractivity contribution in [3.8, 4) is 0 Å². The number of rotatable bonds is 6. The number of esters is 1. The van der Waals surface area contributed by atoms with Gasteiger partial charge in [0.1, 0.15) is 16.7 Å². The van der Waals surface area contributed by atoms with Crippen LogP contribution < -0.4 is 5.32 Å². The van der Waals surface area contributed by atoms with Crippen molar-refractivity contribution >= 4 is 40.9 Å². The third-order valence-corrected chi connectivity index (χ3v) is 5.37. The molecule has 1 amide bonds. The molecule has 4 nitrogen and oxygen atoms in total. The summed E-state index contributed by atoms with van der Waals surface area (Å²) in [7, 11) is 0. The van der Waals surface area contributed by atoms with Gasteiger partial charge in [-0.2, -0.15) is 0 Å². The van der Waals surface area contributed by atoms with E-state index in [4.69, 9.17) is 16.3 Å². The highest BCUT2D eigenvalue weighted by molar-refractivity contribution is 8.00. The first kappa shape index (κ1) is 22.8. The van der Waals surface area contributed by atoms with Crippen LogP contribution in [-0.2, 0) is 14.3 Å². The summed E-state index contributed by atoms with van der Waals surface area (Å²) in [5.41, 5.74) is -1.17. The second-order valence-corrected chi connectivity index (χ2v) is 9.54. The van der Waals surface area contributed by atoms with Crippen LogP contribution in [0.4, 0.5) is 10.1 Å². The first-order valence-electron chi connectivity index (χ1n) is 8.47. The molecule has 7 heteroatoms. The number of carbonyl (C=O) groups is 2. The van der Waals surface area contributed by atoms with Gasteiger partial charge >= 0.3 is 5.97 Å². The molecule has 1 unspecified atom stereocenters. The van der Waals surface area contributed by atoms with Crippen molar-refractivity contribution in [3.05, 3.63) is 23.0 Å². The lowest BCUT2D eigenvalue weighted by molar-refractivity contribution is -0.153. The summed E-state index contributed by atoms with van der Waals surface area (Å²) in [5, 5.41) is 2.25. The quantitative estimate of drug-likeness (QED) is 0.490. The predicted octanol–water partition coefficient (Wildman–Crippen LogP) is 5.68. The maximum absolute atomic E-state index is 14.2. The summed E-state index contributed by atoms with van der Waals surface area (Å²) in [4.78, 5) is 24.9. The summed E-state index contributed by atoms with van der Waals surface area (Å²) in [5.74, 6) is -1.29. The van der Waals surface area contributed by atoms with E-state index in [1.165, 1.54) is 6.07 Å². The molecular weight excluding hydrogens is 377 g/mol. The zero-order valence-corrected chi connectivity index (χ0v) is 17.9. The number of carbonyl (C=O) groups excluding carboxylic acids is 2. The average molecular weight is 404 g/mol. The summed E-state index contributed by atoms with van der Waals surface area (Å²) in [6, 6.07) is 2.59. The van der Waals surface area contributed by atoms with Crippen LogP contribution in [0.15, 0.2) is 17.0 Å². The van der Waals surface area contributed by atoms with E-state index in [1.54, 1.807) is 41.5 Å². The largest absolute Gasteiger partial charge is 0.459 e. The maximum Gasteiger partial charge on any atom is 0.319 e. The number of ether oxygens (including phenoxy) is 1. The normalized spacial score (nSPS) is 13.3. The maximum atomic E-state index is 14.2. The number of nitrogens with one attached hydrogen (secondary N) is 1. The fourth-order valence-electron chi connectivity index (χ4n) is 1.79. The molecule has 0 fully saturated rings. The van der Waals surface area contributed by atoms with E-state index in [-0.39, 0.29) is 22.6 Å². The number of anilines is 1. The first-order chi connectivity index (χ1) is 11.8. The van der Waals surface area contributed by atoms with Crippen molar-refractivity contribution in [1.29, 1.82) is 0 Å². The highest BCUT2D eigenvalue weighted by Gasteiger charge is 2.27. The van der Waals surface area contributed by atoms with Gasteiger partial charge in [0.25, 0.3) is 0 Å². The SMILES string of the molecule is CCC(C)(C)C(=O)Nc1cc(SC(C)C(=O)OC(C)(C)C)c(Cl)cc1F. The Kier molecular flexibility index (Phi) is 7.54. The number of hydrogen-bond donors (Lipinski definition) is 1. The van der Waals surface area contributed by atoms with Crippen molar-refractivity contribution in [2.75, 3.05) is 5.32 Å². The minimum atomic E-state index is -0.622. The molecule has 1 aromatic carbocycles. The molecular formula is C19H27ClFNO3S. The van der Waals surface area contributed by atoms with Crippen molar-refractivity contribution in [3.63, 3.8) is 0 Å². The molecule has 26 heavy (non-hydrogen) atoms. The van der Waals surface area contributed by atoms with Gasteiger partial charge in [-0.1, -0.05) is 32.4 Å². The van der Waals surface area contributed by atoms with Gasteiger partial charge in [0.2, 0.25) is 5.91 Å². The number of hydrogen-bond acceptors (Lipinski definition) is 4. The molecule has 0 radical (unpaired) electrons. The van der Waals surface area contributed by atoms with Crippen LogP contribution in [0.25, 0.3) is 0 Å². The molecule has 0 saturated heterocycles. The molecule has 0 heterocycles. The lowest BCUT2D eigenvalue weighted by Crippen LogP contribution is -2.30. The molecule has 1 N–H and O–H groups in total. The van der Waals surface area contributed by atoms with Crippen LogP contribution in [0.2, 0.25) is 5.02 Å². The fraction of sp³-hybridized carbons (Fsp3) is 0.579. The van der Waals surface area contributed by atoms with Gasteiger partial charge in [-0.25, -0.2) is 4.39 Å². The third kappa shape index (κ3) is 6.47. The summed E-state index contributed by atoms with van der Waals surface area (Å²) in [6.07, 6.45) is 0.616. The van der Waals surface area contributed by atoms with Gasteiger partial charge in [-0.05, 0) is 46.2 Å². The molecule has 1 atom stereocenters. The van der Waals surface area contributed by atoms with Crippen molar-refractivity contribution in [2.24, 2.45) is 5.41 Å². The lowest BCUT2D eigenvalue weighted by Gasteiger charge is -2.23. The number of thioether (sulfide) groups is 1. The molecule has 0 aliphatic rings. The summed E-state index contributed by atoms with van der Waals surface area (Å²) >= 11 is 7.27. The van der Waals surface area contributed by atoms with E-state index in [1.807, 2.05) is 6.92 Å². The number of benzene rings is 1. The molecule has 1 rings (SSSR count). The Hall–Kier alpha value is -1.27. The Morgan fingerprint density at radius 3 is 2.35 bits per heavy atom. The minimum Gasteiger partial charge on any atom is -0.459 e. The van der Waals surface area contributed by atoms with Gasteiger partial charge in [0.15, 0.2) is 0 Å². The topological polar surface area (TPSA) is 55.4 Å². The van der Waals surface area contributed by atoms with Gasteiger partial charge < -0.3 is 10.1 Å². The van der Waals surface area contributed by atoms with Crippen LogP contribution in [-0.4, -0.2) is 22.7 Å². The molecule has 0 bridgehead atoms. The molecule has 0 aliphatic heterocycles. The molecule has 0 aromatic heterocycles. The van der Waals surface area contributed by atoms with Crippen LogP contribution in [0.5, 0.6) is 0 Å². The second-order valence-electron chi connectivity index (χ2n) is 7.75. The van der Waals surface area contributed by atoms with Crippen LogP contribution in [0.1, 0.15) is 54.9 Å². The zero-order chi connectivity index (χ0) is 20.3. The van der Waals surface area contributed by atoms with E-state index in [2.05, 4.69) is 5.32 Å². The minimum absolute atomic E-state index is 0.0415. The third-order valence-electron chi connectivity index (χ3n) is 3.81. The molecule has 0 saturated carbocycles. The predicted molar refractivity (Wildman–Crippen MR) is 105 cm³/mol. The molecule has 0 spiro atoms. The second kappa shape index (κ2) is 8.61. The van der Waals surface area contributed by atoms with E-state index in [9.17, 15) is 14.0 Å². The average Bonchev–Trinajstić information content (AvgIpc) is 2.49. The van der Waals surface area contributed by atoms with Gasteiger partial charge in [-0.3, -0.25) is 9.59 Å². The summed E-state index contributed by atoms with van der Waals surface area (Å²) in [6.45, 7) is 12.5. The van der Waals surface area contributed by atoms with Crippen LogP contribution in [0.3, 0.4) is 0 Å². The van der Waals surface area contributed by atoms with Gasteiger partial charge in [0.05, 0.1) is 10.7 Å². The van der Waals surface area contributed by atoms with E-state index in [0.717, 1.165) is 17.8 Å². The van der Waals surface area contributed by atoms with Crippen LogP contribution >= 0.6 is 23.4 Å². The van der Waals surface area contributed by atoms with Crippen molar-refractivity contribution < 1.29 is 18.7 Å². The Bertz CT molecular complexity index is 686. The number of halogens is 2. The van der Waals surface area contributed by atoms with E-state index in [0.29, 0.717) is 11.3 Å². The standard InChI is InChI=1S/C19H27ClFNO3S/c1-8-19(6,7)17(24)22-14-10-15(12(20)9-13(14)21)26-11(2)16(23)25-18(3,4)5/h9-11H,8H2,1-7H3,(H,22,24). The smallest absolute Gasteiger partial charge is 0.319 e. The highest BCUT2D eigenvalue weighted by atomic mass is 35.5. The molecule has 0 aliphatic carbocycles. The number of amides is 1. The molecule has 146 valence electrons. The Balaban J connectivity index is 3.00. The fourth-order valence-corrected chi connectivity index (χ4v) is 2.96. The van der Waals surface area contributed by atoms with Gasteiger partial charge in [-0.15, -0.1) is 11.8 Å². The first-order valence-corrected chi connectivity index (χ1v) is 9.72. The zero-order valence-electron chi connectivity index (χ0n) is 16.3. The highest BCUT2D eigenvalue weighted by Crippen LogP contribution is 2.35. The van der Waals surface area contributed by atoms with Crippen molar-refractivity contribution in [1.82, 2.24) is 0 Å². The van der Waals surface area contributed by atoms with E-state index < -0.39 is 22.1 Å².